The Balaban J connectivity index is 1.89. The number of nitrogens with one attached hydrogen (secondary N) is 2. The second-order valence-corrected chi connectivity index (χ2v) is 5.44. The quantitative estimate of drug-likeness (QED) is 0.841. The van der Waals surface area contributed by atoms with Crippen LogP contribution in [0.2, 0.25) is 0 Å². The number of aromatic nitrogens is 2. The highest BCUT2D eigenvalue weighted by Crippen LogP contribution is 2.10. The lowest BCUT2D eigenvalue weighted by molar-refractivity contribution is 0.0945. The van der Waals surface area contributed by atoms with Crippen LogP contribution in [0.15, 0.2) is 41.1 Å². The predicted octanol–water partition coefficient (Wildman–Crippen LogP) is 2.99. The van der Waals surface area contributed by atoms with Crippen LogP contribution in [-0.4, -0.2) is 22.4 Å². The fraction of sp³-hybridized carbons (Fsp3) is 0.267. The van der Waals surface area contributed by atoms with Gasteiger partial charge >= 0.3 is 0 Å². The second kappa shape index (κ2) is 7.73. The number of hydrogen-bond acceptors (Lipinski definition) is 4. The molecule has 1 aromatic heterocycles. The summed E-state index contributed by atoms with van der Waals surface area (Å²) in [6, 6.07) is 7.78. The minimum atomic E-state index is -0.229. The molecule has 110 valence electrons. The van der Waals surface area contributed by atoms with Gasteiger partial charge in [0.05, 0.1) is 12.4 Å². The van der Waals surface area contributed by atoms with Gasteiger partial charge < -0.3 is 10.6 Å². The van der Waals surface area contributed by atoms with E-state index in [4.69, 9.17) is 0 Å². The molecule has 0 saturated heterocycles. The molecule has 0 spiro atoms. The van der Waals surface area contributed by atoms with E-state index < -0.39 is 0 Å². The van der Waals surface area contributed by atoms with Gasteiger partial charge in [0.1, 0.15) is 11.5 Å². The van der Waals surface area contributed by atoms with E-state index in [9.17, 15) is 4.79 Å². The number of carbonyl (C=O) groups is 1. The summed E-state index contributed by atoms with van der Waals surface area (Å²) in [5, 5.41) is 5.93. The highest BCUT2D eigenvalue weighted by atomic mass is 79.9. The van der Waals surface area contributed by atoms with Gasteiger partial charge in [0.2, 0.25) is 0 Å². The number of benzene rings is 1. The lowest BCUT2D eigenvalue weighted by atomic mass is 10.2. The lowest BCUT2D eigenvalue weighted by Crippen LogP contribution is -2.24. The number of rotatable bonds is 6. The third-order valence-corrected chi connectivity index (χ3v) is 3.34. The number of anilines is 1. The molecule has 6 heteroatoms. The zero-order valence-corrected chi connectivity index (χ0v) is 13.4. The van der Waals surface area contributed by atoms with E-state index in [2.05, 4.69) is 43.5 Å². The first-order valence-electron chi connectivity index (χ1n) is 6.77. The fourth-order valence-electron chi connectivity index (χ4n) is 1.66. The summed E-state index contributed by atoms with van der Waals surface area (Å²) < 4.78 is 1.01. The Hall–Kier alpha value is -1.95. The number of nitrogens with zero attached hydrogens (tertiary/aromatic N) is 2. The molecule has 0 saturated carbocycles. The SMILES string of the molecule is CCCNc1cnc(C(=O)NCc2ccc(Br)cc2)cn1. The van der Waals surface area contributed by atoms with Gasteiger partial charge in [0, 0.05) is 17.6 Å². The van der Waals surface area contributed by atoms with Crippen molar-refractivity contribution >= 4 is 27.7 Å². The van der Waals surface area contributed by atoms with Crippen LogP contribution in [0.25, 0.3) is 0 Å². The van der Waals surface area contributed by atoms with Gasteiger partial charge in [0.15, 0.2) is 0 Å². The summed E-state index contributed by atoms with van der Waals surface area (Å²) in [5.41, 5.74) is 1.34. The molecule has 2 rings (SSSR count). The lowest BCUT2D eigenvalue weighted by Gasteiger charge is -2.06. The molecule has 0 atom stereocenters. The molecule has 0 radical (unpaired) electrons. The van der Waals surface area contributed by atoms with Crippen molar-refractivity contribution in [3.05, 3.63) is 52.4 Å². The van der Waals surface area contributed by atoms with E-state index in [0.717, 1.165) is 23.0 Å². The van der Waals surface area contributed by atoms with Crippen molar-refractivity contribution in [2.45, 2.75) is 19.9 Å². The Morgan fingerprint density at radius 3 is 2.57 bits per heavy atom. The molecule has 0 bridgehead atoms. The summed E-state index contributed by atoms with van der Waals surface area (Å²) in [4.78, 5) is 20.2. The van der Waals surface area contributed by atoms with Gasteiger partial charge in [-0.3, -0.25) is 4.79 Å². The summed E-state index contributed by atoms with van der Waals surface area (Å²) in [5.74, 6) is 0.453. The van der Waals surface area contributed by atoms with Crippen LogP contribution in [0.3, 0.4) is 0 Å². The van der Waals surface area contributed by atoms with Crippen molar-refractivity contribution < 1.29 is 4.79 Å². The predicted molar refractivity (Wildman–Crippen MR) is 86.1 cm³/mol. The average Bonchev–Trinajstić information content (AvgIpc) is 2.52. The zero-order chi connectivity index (χ0) is 15.1. The van der Waals surface area contributed by atoms with E-state index in [-0.39, 0.29) is 5.91 Å². The van der Waals surface area contributed by atoms with Crippen molar-refractivity contribution in [1.29, 1.82) is 0 Å². The van der Waals surface area contributed by atoms with Crippen molar-refractivity contribution in [3.63, 3.8) is 0 Å². The fourth-order valence-corrected chi connectivity index (χ4v) is 1.93. The molecule has 0 aliphatic carbocycles. The molecule has 0 fully saturated rings. The van der Waals surface area contributed by atoms with E-state index in [1.807, 2.05) is 24.3 Å². The van der Waals surface area contributed by atoms with E-state index in [1.165, 1.54) is 6.20 Å². The first kappa shape index (κ1) is 15.4. The van der Waals surface area contributed by atoms with Crippen LogP contribution in [0.5, 0.6) is 0 Å². The van der Waals surface area contributed by atoms with Gasteiger partial charge in [0.25, 0.3) is 5.91 Å². The number of amides is 1. The highest BCUT2D eigenvalue weighted by Gasteiger charge is 2.07. The monoisotopic (exact) mass is 348 g/mol. The topological polar surface area (TPSA) is 66.9 Å². The largest absolute Gasteiger partial charge is 0.369 e. The summed E-state index contributed by atoms with van der Waals surface area (Å²) in [6.07, 6.45) is 4.07. The van der Waals surface area contributed by atoms with Gasteiger partial charge in [-0.05, 0) is 24.1 Å². The number of halogens is 1. The Morgan fingerprint density at radius 1 is 1.19 bits per heavy atom. The third-order valence-electron chi connectivity index (χ3n) is 2.81. The van der Waals surface area contributed by atoms with E-state index >= 15 is 0 Å². The molecule has 0 aliphatic heterocycles. The Labute approximate surface area is 132 Å². The normalized spacial score (nSPS) is 10.2. The maximum atomic E-state index is 12.0. The molecule has 0 unspecified atom stereocenters. The van der Waals surface area contributed by atoms with Gasteiger partial charge in [-0.2, -0.15) is 0 Å². The van der Waals surface area contributed by atoms with Crippen LogP contribution in [0, 0.1) is 0 Å². The summed E-state index contributed by atoms with van der Waals surface area (Å²) >= 11 is 3.38. The first-order valence-corrected chi connectivity index (χ1v) is 7.57. The van der Waals surface area contributed by atoms with Crippen LogP contribution >= 0.6 is 15.9 Å². The van der Waals surface area contributed by atoms with Crippen LogP contribution < -0.4 is 10.6 Å². The van der Waals surface area contributed by atoms with Crippen molar-refractivity contribution in [2.24, 2.45) is 0 Å². The van der Waals surface area contributed by atoms with Crippen LogP contribution in [0.1, 0.15) is 29.4 Å². The maximum Gasteiger partial charge on any atom is 0.271 e. The smallest absolute Gasteiger partial charge is 0.271 e. The molecule has 1 amide bonds. The standard InChI is InChI=1S/C15H17BrN4O/c1-2-7-17-14-10-18-13(9-19-14)15(21)20-8-11-3-5-12(16)6-4-11/h3-6,9-10H,2,7-8H2,1H3,(H,17,19)(H,20,21). The van der Waals surface area contributed by atoms with Crippen LogP contribution in [0.4, 0.5) is 5.82 Å². The maximum absolute atomic E-state index is 12.0. The molecule has 0 aliphatic rings. The summed E-state index contributed by atoms with van der Waals surface area (Å²) in [6.45, 7) is 3.37. The Kier molecular flexibility index (Phi) is 5.68. The van der Waals surface area contributed by atoms with E-state index in [0.29, 0.717) is 18.1 Å². The number of hydrogen-bond donors (Lipinski definition) is 2. The zero-order valence-electron chi connectivity index (χ0n) is 11.8. The van der Waals surface area contributed by atoms with Crippen molar-refractivity contribution in [1.82, 2.24) is 15.3 Å². The average molecular weight is 349 g/mol. The third kappa shape index (κ3) is 4.82. The van der Waals surface area contributed by atoms with Gasteiger partial charge in [-0.15, -0.1) is 0 Å². The van der Waals surface area contributed by atoms with E-state index in [1.54, 1.807) is 6.20 Å². The van der Waals surface area contributed by atoms with Gasteiger partial charge in [-0.25, -0.2) is 9.97 Å². The Morgan fingerprint density at radius 2 is 1.95 bits per heavy atom. The minimum absolute atomic E-state index is 0.229. The Bertz CT molecular complexity index is 584. The highest BCUT2D eigenvalue weighted by molar-refractivity contribution is 9.10. The molecule has 21 heavy (non-hydrogen) atoms. The minimum Gasteiger partial charge on any atom is -0.369 e. The molecule has 2 aromatic rings. The molecular formula is C15H17BrN4O. The molecule has 1 aromatic carbocycles. The first-order chi connectivity index (χ1) is 10.2. The van der Waals surface area contributed by atoms with Crippen LogP contribution in [-0.2, 0) is 6.54 Å². The summed E-state index contributed by atoms with van der Waals surface area (Å²) in [7, 11) is 0. The second-order valence-electron chi connectivity index (χ2n) is 4.52. The van der Waals surface area contributed by atoms with Crippen molar-refractivity contribution in [2.75, 3.05) is 11.9 Å². The molecule has 2 N–H and O–H groups in total. The number of carbonyl (C=O) groups excluding carboxylic acids is 1. The van der Waals surface area contributed by atoms with Gasteiger partial charge in [-0.1, -0.05) is 35.0 Å². The molecule has 1 heterocycles. The molecular weight excluding hydrogens is 332 g/mol. The molecule has 5 nitrogen and oxygen atoms in total. The van der Waals surface area contributed by atoms with Crippen molar-refractivity contribution in [3.8, 4) is 0 Å².